The van der Waals surface area contributed by atoms with Crippen molar-refractivity contribution in [3.63, 3.8) is 0 Å². The summed E-state index contributed by atoms with van der Waals surface area (Å²) in [5.74, 6) is -1.01. The lowest BCUT2D eigenvalue weighted by atomic mass is 9.96. The van der Waals surface area contributed by atoms with E-state index < -0.39 is 12.0 Å². The van der Waals surface area contributed by atoms with E-state index in [9.17, 15) is 19.5 Å². The molecule has 1 rings (SSSR count). The number of nitrogens with one attached hydrogen (secondary N) is 2. The van der Waals surface area contributed by atoms with Gasteiger partial charge in [-0.3, -0.25) is 9.59 Å². The number of rotatable bonds is 25. The van der Waals surface area contributed by atoms with Gasteiger partial charge in [0, 0.05) is 13.0 Å². The Kier molecular flexibility index (Phi) is 23.8. The van der Waals surface area contributed by atoms with Crippen molar-refractivity contribution in [3.8, 4) is 0 Å². The van der Waals surface area contributed by atoms with E-state index in [2.05, 4.69) is 104 Å². The fourth-order valence-electron chi connectivity index (χ4n) is 4.78. The molecule has 0 aromatic heterocycles. The van der Waals surface area contributed by atoms with Crippen LogP contribution in [0.25, 0.3) is 0 Å². The molecule has 0 bridgehead atoms. The van der Waals surface area contributed by atoms with Gasteiger partial charge in [-0.1, -0.05) is 118 Å². The molecule has 3 N–H and O–H groups in total. The van der Waals surface area contributed by atoms with Gasteiger partial charge in [0.05, 0.1) is 5.92 Å². The Hall–Kier alpha value is -3.93. The van der Waals surface area contributed by atoms with E-state index in [-0.39, 0.29) is 24.2 Å². The zero-order chi connectivity index (χ0) is 34.5. The van der Waals surface area contributed by atoms with Gasteiger partial charge < -0.3 is 15.7 Å². The predicted molar refractivity (Wildman–Crippen MR) is 197 cm³/mol. The summed E-state index contributed by atoms with van der Waals surface area (Å²) < 4.78 is 0. The van der Waals surface area contributed by atoms with Crippen LogP contribution in [0, 0.1) is 5.92 Å². The number of carbonyl (C=O) groups is 3. The summed E-state index contributed by atoms with van der Waals surface area (Å²) >= 11 is 0. The maximum absolute atomic E-state index is 12.6. The first-order valence-corrected chi connectivity index (χ1v) is 17.5. The number of amides is 2. The van der Waals surface area contributed by atoms with Crippen molar-refractivity contribution < 1.29 is 19.5 Å². The lowest BCUT2D eigenvalue weighted by molar-refractivity contribution is -0.142. The quantitative estimate of drug-likeness (QED) is 0.0730. The second-order valence-corrected chi connectivity index (χ2v) is 12.3. The van der Waals surface area contributed by atoms with Crippen LogP contribution < -0.4 is 10.6 Å². The van der Waals surface area contributed by atoms with E-state index in [1.165, 1.54) is 5.56 Å². The molecular formula is C41H60N2O4. The minimum absolute atomic E-state index is 0.0425. The molecule has 0 heterocycles. The van der Waals surface area contributed by atoms with Gasteiger partial charge >= 0.3 is 5.97 Å². The van der Waals surface area contributed by atoms with E-state index in [1.54, 1.807) is 0 Å². The topological polar surface area (TPSA) is 95.5 Å². The van der Waals surface area contributed by atoms with Crippen LogP contribution >= 0.6 is 0 Å². The molecule has 6 nitrogen and oxygen atoms in total. The third-order valence-corrected chi connectivity index (χ3v) is 7.50. The summed E-state index contributed by atoms with van der Waals surface area (Å²) in [6.07, 6.45) is 34.7. The van der Waals surface area contributed by atoms with Crippen molar-refractivity contribution in [2.45, 2.75) is 117 Å². The van der Waals surface area contributed by atoms with Gasteiger partial charge in [-0.05, 0) is 94.6 Å². The van der Waals surface area contributed by atoms with Crippen LogP contribution in [0.5, 0.6) is 0 Å². The van der Waals surface area contributed by atoms with Crippen LogP contribution in [0.3, 0.4) is 0 Å². The number of hydrogen-bond acceptors (Lipinski definition) is 3. The molecule has 6 heteroatoms. The van der Waals surface area contributed by atoms with Gasteiger partial charge in [0.2, 0.25) is 11.8 Å². The molecule has 0 saturated carbocycles. The van der Waals surface area contributed by atoms with Gasteiger partial charge in [0.15, 0.2) is 0 Å². The maximum Gasteiger partial charge on any atom is 0.326 e. The lowest BCUT2D eigenvalue weighted by Crippen LogP contribution is -2.40. The Bertz CT molecular complexity index is 1190. The highest BCUT2D eigenvalue weighted by Crippen LogP contribution is 2.18. The number of hydrogen-bond donors (Lipinski definition) is 3. The van der Waals surface area contributed by atoms with Crippen molar-refractivity contribution in [1.29, 1.82) is 0 Å². The Morgan fingerprint density at radius 3 is 1.72 bits per heavy atom. The number of unbranched alkanes of at least 4 members (excludes halogenated alkanes) is 1. The number of benzene rings is 1. The number of carboxylic acids is 1. The molecule has 1 unspecified atom stereocenters. The lowest BCUT2D eigenvalue weighted by Gasteiger charge is -2.15. The summed E-state index contributed by atoms with van der Waals surface area (Å²) in [6.45, 7) is 8.88. The fraction of sp³-hybridized carbons (Fsp3) is 0.488. The van der Waals surface area contributed by atoms with Crippen LogP contribution in [0.1, 0.15) is 115 Å². The standard InChI is InChI=1S/C41H60N2O4/c1-5-6-7-8-9-10-11-12-13-14-15-16-17-18-19-20-21-22-23-27-39(44)43-38(41(46)47)26-24-25-32-42-40(45)35(4)37-30-28-36(29-31-37)33-34(2)3/h6-7,9-10,12-13,15-16,18-19,21-22,28-31,34-35,38H,5,8,11,14,17,20,23-27,32-33H2,1-4H3,(H,42,45)(H,43,44)(H,46,47)/t35?,38-/m0/s1. The minimum atomic E-state index is -1.04. The highest BCUT2D eigenvalue weighted by molar-refractivity contribution is 5.84. The molecule has 0 aliphatic heterocycles. The van der Waals surface area contributed by atoms with Crippen molar-refractivity contribution in [3.05, 3.63) is 108 Å². The van der Waals surface area contributed by atoms with Gasteiger partial charge in [0.1, 0.15) is 6.04 Å². The third-order valence-electron chi connectivity index (χ3n) is 7.50. The van der Waals surface area contributed by atoms with Gasteiger partial charge in [-0.2, -0.15) is 0 Å². The molecule has 0 aliphatic rings. The average molecular weight is 645 g/mol. The molecule has 0 radical (unpaired) electrons. The molecule has 0 fully saturated rings. The van der Waals surface area contributed by atoms with E-state index >= 15 is 0 Å². The number of carbonyl (C=O) groups excluding carboxylic acids is 2. The molecular weight excluding hydrogens is 584 g/mol. The molecule has 258 valence electrons. The van der Waals surface area contributed by atoms with Crippen molar-refractivity contribution in [2.24, 2.45) is 5.92 Å². The van der Waals surface area contributed by atoms with Gasteiger partial charge in [-0.15, -0.1) is 0 Å². The predicted octanol–water partition coefficient (Wildman–Crippen LogP) is 9.32. The van der Waals surface area contributed by atoms with Crippen molar-refractivity contribution in [1.82, 2.24) is 10.6 Å². The average Bonchev–Trinajstić information content (AvgIpc) is 3.04. The number of carboxylic acid groups (broad SMARTS) is 1. The Balaban J connectivity index is 2.17. The zero-order valence-corrected chi connectivity index (χ0v) is 29.3. The smallest absolute Gasteiger partial charge is 0.326 e. The Morgan fingerprint density at radius 2 is 1.23 bits per heavy atom. The molecule has 2 amide bonds. The van der Waals surface area contributed by atoms with Crippen LogP contribution in [0.15, 0.2) is 97.2 Å². The van der Waals surface area contributed by atoms with Crippen LogP contribution in [0.2, 0.25) is 0 Å². The number of aliphatic carboxylic acids is 1. The normalized spacial score (nSPS) is 13.6. The van der Waals surface area contributed by atoms with Crippen LogP contribution in [-0.4, -0.2) is 35.5 Å². The highest BCUT2D eigenvalue weighted by Gasteiger charge is 2.19. The summed E-state index contributed by atoms with van der Waals surface area (Å²) in [5.41, 5.74) is 2.25. The Morgan fingerprint density at radius 1 is 0.723 bits per heavy atom. The molecule has 1 aromatic rings. The first-order chi connectivity index (χ1) is 22.7. The summed E-state index contributed by atoms with van der Waals surface area (Å²) in [5, 5.41) is 15.1. The fourth-order valence-corrected chi connectivity index (χ4v) is 4.78. The first-order valence-electron chi connectivity index (χ1n) is 17.5. The van der Waals surface area contributed by atoms with Crippen molar-refractivity contribution in [2.75, 3.05) is 6.54 Å². The van der Waals surface area contributed by atoms with Crippen LogP contribution in [0.4, 0.5) is 0 Å². The Labute approximate surface area is 284 Å². The zero-order valence-electron chi connectivity index (χ0n) is 29.3. The summed E-state index contributed by atoms with van der Waals surface area (Å²) in [7, 11) is 0. The second kappa shape index (κ2) is 27.2. The van der Waals surface area contributed by atoms with Crippen LogP contribution in [-0.2, 0) is 20.8 Å². The third kappa shape index (κ3) is 22.3. The molecule has 0 aliphatic carbocycles. The largest absolute Gasteiger partial charge is 0.480 e. The second-order valence-electron chi connectivity index (χ2n) is 12.3. The molecule has 1 aromatic carbocycles. The molecule has 47 heavy (non-hydrogen) atoms. The summed E-state index contributed by atoms with van der Waals surface area (Å²) in [6, 6.07) is 7.28. The van der Waals surface area contributed by atoms with Crippen molar-refractivity contribution >= 4 is 17.8 Å². The highest BCUT2D eigenvalue weighted by atomic mass is 16.4. The first kappa shape index (κ1) is 41.1. The summed E-state index contributed by atoms with van der Waals surface area (Å²) in [4.78, 5) is 36.6. The van der Waals surface area contributed by atoms with Gasteiger partial charge in [-0.25, -0.2) is 4.79 Å². The van der Waals surface area contributed by atoms with E-state index in [1.807, 2.05) is 31.2 Å². The molecule has 2 atom stereocenters. The van der Waals surface area contributed by atoms with E-state index in [0.717, 1.165) is 50.5 Å². The van der Waals surface area contributed by atoms with E-state index in [0.29, 0.717) is 38.1 Å². The monoisotopic (exact) mass is 644 g/mol. The SMILES string of the molecule is CCC=CCC=CCC=CCC=CCC=CCC=CCCC(=O)N[C@@H](CCCCNC(=O)C(C)c1ccc(CC(C)C)cc1)C(=O)O. The molecule has 0 saturated heterocycles. The van der Waals surface area contributed by atoms with Gasteiger partial charge in [0.25, 0.3) is 0 Å². The molecule has 0 spiro atoms. The van der Waals surface area contributed by atoms with E-state index in [4.69, 9.17) is 0 Å². The maximum atomic E-state index is 12.6. The number of allylic oxidation sites excluding steroid dienone is 12. The minimum Gasteiger partial charge on any atom is -0.480 e.